The Hall–Kier alpha value is -1.10. The molecule has 0 aromatic heterocycles. The molecule has 0 aliphatic carbocycles. The van der Waals surface area contributed by atoms with Crippen molar-refractivity contribution < 1.29 is 14.3 Å². The molecule has 1 N–H and O–H groups in total. The van der Waals surface area contributed by atoms with Gasteiger partial charge >= 0.3 is 5.97 Å². The maximum absolute atomic E-state index is 11.9. The molecule has 1 fully saturated rings. The molecule has 0 radical (unpaired) electrons. The van der Waals surface area contributed by atoms with Gasteiger partial charge in [-0.1, -0.05) is 13.8 Å². The fourth-order valence-electron chi connectivity index (χ4n) is 2.17. The van der Waals surface area contributed by atoms with E-state index in [1.807, 2.05) is 11.8 Å². The zero-order valence-corrected chi connectivity index (χ0v) is 12.4. The molecule has 5 heteroatoms. The van der Waals surface area contributed by atoms with Crippen LogP contribution >= 0.6 is 0 Å². The van der Waals surface area contributed by atoms with E-state index in [2.05, 4.69) is 19.2 Å². The number of likely N-dealkylation sites (tertiary alicyclic amines) is 1. The molecule has 1 heterocycles. The lowest BCUT2D eigenvalue weighted by Gasteiger charge is -2.24. The Morgan fingerprint density at radius 2 is 2.05 bits per heavy atom. The van der Waals surface area contributed by atoms with Crippen LogP contribution in [0.2, 0.25) is 0 Å². The molecular weight excluding hydrogens is 244 g/mol. The van der Waals surface area contributed by atoms with E-state index in [0.29, 0.717) is 12.5 Å². The molecule has 5 nitrogen and oxygen atoms in total. The molecule has 0 spiro atoms. The van der Waals surface area contributed by atoms with Gasteiger partial charge in [0.25, 0.3) is 0 Å². The van der Waals surface area contributed by atoms with Crippen LogP contribution in [0.25, 0.3) is 0 Å². The Morgan fingerprint density at radius 1 is 1.37 bits per heavy atom. The number of hydrogen-bond donors (Lipinski definition) is 1. The molecule has 1 amide bonds. The Labute approximate surface area is 115 Å². The van der Waals surface area contributed by atoms with Crippen molar-refractivity contribution in [2.75, 3.05) is 19.7 Å². The number of ether oxygens (including phenoxy) is 1. The summed E-state index contributed by atoms with van der Waals surface area (Å²) >= 11 is 0. The topological polar surface area (TPSA) is 58.6 Å². The van der Waals surface area contributed by atoms with Gasteiger partial charge in [0.15, 0.2) is 0 Å². The molecule has 1 rings (SSSR count). The van der Waals surface area contributed by atoms with E-state index < -0.39 is 0 Å². The Morgan fingerprint density at radius 3 is 2.63 bits per heavy atom. The van der Waals surface area contributed by atoms with Gasteiger partial charge in [-0.15, -0.1) is 0 Å². The molecule has 0 bridgehead atoms. The number of nitrogens with one attached hydrogen (secondary N) is 1. The first kappa shape index (κ1) is 16.0. The minimum Gasteiger partial charge on any atom is -0.465 e. The molecule has 1 saturated heterocycles. The van der Waals surface area contributed by atoms with Crippen LogP contribution in [0, 0.1) is 5.92 Å². The molecule has 1 aliphatic heterocycles. The van der Waals surface area contributed by atoms with E-state index in [0.717, 1.165) is 19.4 Å². The molecule has 0 aromatic rings. The lowest BCUT2D eigenvalue weighted by Crippen LogP contribution is -2.46. The van der Waals surface area contributed by atoms with Crippen LogP contribution in [0.4, 0.5) is 0 Å². The van der Waals surface area contributed by atoms with Crippen molar-refractivity contribution in [3.63, 3.8) is 0 Å². The van der Waals surface area contributed by atoms with Gasteiger partial charge < -0.3 is 10.1 Å². The molecule has 0 aromatic carbocycles. The van der Waals surface area contributed by atoms with Gasteiger partial charge in [-0.25, -0.2) is 0 Å². The Balaban J connectivity index is 2.46. The summed E-state index contributed by atoms with van der Waals surface area (Å²) in [4.78, 5) is 25.6. The third-order valence-electron chi connectivity index (χ3n) is 3.66. The number of esters is 1. The van der Waals surface area contributed by atoms with Crippen molar-refractivity contribution in [2.24, 2.45) is 5.92 Å². The van der Waals surface area contributed by atoms with Crippen molar-refractivity contribution in [3.8, 4) is 0 Å². The predicted octanol–water partition coefficient (Wildman–Crippen LogP) is 1.17. The fraction of sp³-hybridized carbons (Fsp3) is 0.857. The smallest absolute Gasteiger partial charge is 0.323 e. The zero-order valence-electron chi connectivity index (χ0n) is 12.4. The van der Waals surface area contributed by atoms with Gasteiger partial charge in [-0.05, 0) is 39.2 Å². The highest BCUT2D eigenvalue weighted by atomic mass is 16.5. The number of rotatable bonds is 6. The maximum Gasteiger partial charge on any atom is 0.323 e. The molecule has 1 aliphatic rings. The first-order valence-corrected chi connectivity index (χ1v) is 7.15. The summed E-state index contributed by atoms with van der Waals surface area (Å²) in [5, 5.41) is 2.96. The molecule has 2 unspecified atom stereocenters. The van der Waals surface area contributed by atoms with Crippen molar-refractivity contribution >= 4 is 11.9 Å². The monoisotopic (exact) mass is 270 g/mol. The van der Waals surface area contributed by atoms with Gasteiger partial charge in [0.05, 0.1) is 13.2 Å². The van der Waals surface area contributed by atoms with Crippen LogP contribution in [0.15, 0.2) is 0 Å². The van der Waals surface area contributed by atoms with E-state index in [-0.39, 0.29) is 30.5 Å². The summed E-state index contributed by atoms with van der Waals surface area (Å²) < 4.78 is 5.04. The Bertz CT molecular complexity index is 318. The lowest BCUT2D eigenvalue weighted by molar-refractivity contribution is -0.148. The minimum absolute atomic E-state index is 0.0163. The van der Waals surface area contributed by atoms with Crippen molar-refractivity contribution in [1.82, 2.24) is 10.2 Å². The summed E-state index contributed by atoms with van der Waals surface area (Å²) in [6.07, 6.45) is 1.72. The second kappa shape index (κ2) is 7.48. The summed E-state index contributed by atoms with van der Waals surface area (Å²) in [5.74, 6) is 0.186. The third kappa shape index (κ3) is 4.82. The van der Waals surface area contributed by atoms with E-state index in [1.54, 1.807) is 6.92 Å². The Kier molecular flexibility index (Phi) is 6.28. The van der Waals surface area contributed by atoms with Crippen molar-refractivity contribution in [3.05, 3.63) is 0 Å². The first-order valence-electron chi connectivity index (χ1n) is 7.15. The largest absolute Gasteiger partial charge is 0.465 e. The van der Waals surface area contributed by atoms with Gasteiger partial charge in [0.2, 0.25) is 5.91 Å². The van der Waals surface area contributed by atoms with Crippen LogP contribution in [0.3, 0.4) is 0 Å². The predicted molar refractivity (Wildman–Crippen MR) is 73.7 cm³/mol. The highest BCUT2D eigenvalue weighted by Crippen LogP contribution is 2.18. The standard InChI is InChI=1S/C14H26N2O3/c1-5-19-14(18)12-7-6-8-16(12)9-13(17)15-11(4)10(2)3/h10-12H,5-9H2,1-4H3,(H,15,17). The van der Waals surface area contributed by atoms with Crippen LogP contribution in [0.1, 0.15) is 40.5 Å². The normalized spacial score (nSPS) is 21.4. The summed E-state index contributed by atoms with van der Waals surface area (Å²) in [7, 11) is 0. The second-order valence-corrected chi connectivity index (χ2v) is 5.48. The van der Waals surface area contributed by atoms with Crippen LogP contribution < -0.4 is 5.32 Å². The van der Waals surface area contributed by atoms with Gasteiger partial charge in [-0.3, -0.25) is 14.5 Å². The second-order valence-electron chi connectivity index (χ2n) is 5.48. The van der Waals surface area contributed by atoms with E-state index in [4.69, 9.17) is 4.74 Å². The third-order valence-corrected chi connectivity index (χ3v) is 3.66. The summed E-state index contributed by atoms with van der Waals surface area (Å²) in [6.45, 7) is 9.39. The molecule has 19 heavy (non-hydrogen) atoms. The van der Waals surface area contributed by atoms with Crippen LogP contribution in [-0.2, 0) is 14.3 Å². The molecule has 110 valence electrons. The molecular formula is C14H26N2O3. The van der Waals surface area contributed by atoms with Crippen LogP contribution in [-0.4, -0.2) is 48.6 Å². The van der Waals surface area contributed by atoms with Crippen molar-refractivity contribution in [2.45, 2.75) is 52.6 Å². The number of carbonyl (C=O) groups is 2. The average molecular weight is 270 g/mol. The molecule has 0 saturated carbocycles. The van der Waals surface area contributed by atoms with E-state index in [9.17, 15) is 9.59 Å². The SMILES string of the molecule is CCOC(=O)C1CCCN1CC(=O)NC(C)C(C)C. The molecule has 2 atom stereocenters. The highest BCUT2D eigenvalue weighted by molar-refractivity contribution is 5.81. The highest BCUT2D eigenvalue weighted by Gasteiger charge is 2.33. The van der Waals surface area contributed by atoms with Gasteiger partial charge in [0, 0.05) is 6.04 Å². The lowest BCUT2D eigenvalue weighted by atomic mass is 10.1. The summed E-state index contributed by atoms with van der Waals surface area (Å²) in [6, 6.07) is -0.101. The fourth-order valence-corrected chi connectivity index (χ4v) is 2.17. The van der Waals surface area contributed by atoms with Gasteiger partial charge in [0.1, 0.15) is 6.04 Å². The number of hydrogen-bond acceptors (Lipinski definition) is 4. The first-order chi connectivity index (χ1) is 8.95. The minimum atomic E-state index is -0.250. The average Bonchev–Trinajstić information content (AvgIpc) is 2.77. The number of amides is 1. The van der Waals surface area contributed by atoms with E-state index >= 15 is 0 Å². The van der Waals surface area contributed by atoms with Gasteiger partial charge in [-0.2, -0.15) is 0 Å². The van der Waals surface area contributed by atoms with E-state index in [1.165, 1.54) is 0 Å². The number of carbonyl (C=O) groups excluding carboxylic acids is 2. The number of nitrogens with zero attached hydrogens (tertiary/aromatic N) is 1. The summed E-state index contributed by atoms with van der Waals surface area (Å²) in [5.41, 5.74) is 0. The van der Waals surface area contributed by atoms with Crippen LogP contribution in [0.5, 0.6) is 0 Å². The quantitative estimate of drug-likeness (QED) is 0.736. The van der Waals surface area contributed by atoms with Crippen molar-refractivity contribution in [1.29, 1.82) is 0 Å². The maximum atomic E-state index is 11.9. The zero-order chi connectivity index (χ0) is 14.4.